The largest absolute Gasteiger partial charge is 0.506 e. The summed E-state index contributed by atoms with van der Waals surface area (Å²) in [6.45, 7) is 2.80. The Balaban J connectivity index is 2.44. The van der Waals surface area contributed by atoms with Crippen molar-refractivity contribution in [3.63, 3.8) is 0 Å². The van der Waals surface area contributed by atoms with Crippen molar-refractivity contribution in [2.24, 2.45) is 0 Å². The lowest BCUT2D eigenvalue weighted by atomic mass is 10.2. The Morgan fingerprint density at radius 3 is 2.89 bits per heavy atom. The zero-order valence-corrected chi connectivity index (χ0v) is 12.5. The molecule has 0 saturated heterocycles. The van der Waals surface area contributed by atoms with E-state index >= 15 is 0 Å². The molecule has 0 unspecified atom stereocenters. The molecule has 0 aliphatic carbocycles. The first-order chi connectivity index (χ1) is 8.61. The monoisotopic (exact) mass is 375 g/mol. The maximum absolute atomic E-state index is 9.39. The fourth-order valence-corrected chi connectivity index (χ4v) is 2.07. The fourth-order valence-electron chi connectivity index (χ4n) is 1.44. The molecule has 0 atom stereocenters. The molecule has 4 nitrogen and oxygen atoms in total. The van der Waals surface area contributed by atoms with Gasteiger partial charge in [0.1, 0.15) is 11.6 Å². The van der Waals surface area contributed by atoms with Crippen molar-refractivity contribution in [3.05, 3.63) is 33.0 Å². The quantitative estimate of drug-likeness (QED) is 0.806. The van der Waals surface area contributed by atoms with E-state index in [2.05, 4.69) is 37.9 Å². The number of phenolic OH excluding ortho intramolecular Hbond substituents is 1. The number of nitrogens with zero attached hydrogens (tertiary/aromatic N) is 2. The van der Waals surface area contributed by atoms with Gasteiger partial charge in [0.25, 0.3) is 0 Å². The van der Waals surface area contributed by atoms with Gasteiger partial charge >= 0.3 is 0 Å². The van der Waals surface area contributed by atoms with Gasteiger partial charge in [-0.05, 0) is 47.7 Å². The smallest absolute Gasteiger partial charge is 0.161 e. The van der Waals surface area contributed by atoms with Crippen LogP contribution < -0.4 is 5.32 Å². The summed E-state index contributed by atoms with van der Waals surface area (Å²) in [5.41, 5.74) is 0.772. The molecule has 0 radical (unpaired) electrons. The number of aromatic hydroxyl groups is 1. The van der Waals surface area contributed by atoms with Crippen LogP contribution in [-0.4, -0.2) is 21.6 Å². The molecular weight excluding hydrogens is 365 g/mol. The molecule has 6 heteroatoms. The standard InChI is InChI=1S/C12H11ClIN3O/c1-2-15-12-9(14)6-16-11(17-12)7-3-4-10(18)8(13)5-7/h3-6,18H,2H2,1H3,(H,15,16,17). The van der Waals surface area contributed by atoms with Crippen LogP contribution in [0.5, 0.6) is 5.75 Å². The number of anilines is 1. The third-order valence-electron chi connectivity index (χ3n) is 2.29. The molecule has 2 aromatic rings. The fraction of sp³-hybridized carbons (Fsp3) is 0.167. The number of benzene rings is 1. The first-order valence-electron chi connectivity index (χ1n) is 5.37. The lowest BCUT2D eigenvalue weighted by Crippen LogP contribution is -2.03. The summed E-state index contributed by atoms with van der Waals surface area (Å²) in [6, 6.07) is 4.92. The van der Waals surface area contributed by atoms with Gasteiger partial charge in [-0.3, -0.25) is 0 Å². The van der Waals surface area contributed by atoms with Crippen LogP contribution in [0.4, 0.5) is 5.82 Å². The van der Waals surface area contributed by atoms with Gasteiger partial charge in [0.2, 0.25) is 0 Å². The average Bonchev–Trinajstić information content (AvgIpc) is 2.36. The van der Waals surface area contributed by atoms with Crippen molar-refractivity contribution in [2.75, 3.05) is 11.9 Å². The zero-order valence-electron chi connectivity index (χ0n) is 9.61. The lowest BCUT2D eigenvalue weighted by molar-refractivity contribution is 0.475. The van der Waals surface area contributed by atoms with Gasteiger partial charge in [0.15, 0.2) is 5.82 Å². The van der Waals surface area contributed by atoms with Crippen molar-refractivity contribution >= 4 is 40.0 Å². The van der Waals surface area contributed by atoms with Crippen molar-refractivity contribution in [3.8, 4) is 17.1 Å². The van der Waals surface area contributed by atoms with E-state index in [4.69, 9.17) is 11.6 Å². The predicted molar refractivity (Wildman–Crippen MR) is 81.0 cm³/mol. The summed E-state index contributed by atoms with van der Waals surface area (Å²) in [7, 11) is 0. The third kappa shape index (κ3) is 2.84. The predicted octanol–water partition coefficient (Wildman–Crippen LogP) is 3.54. The van der Waals surface area contributed by atoms with Crippen LogP contribution in [0.3, 0.4) is 0 Å². The van der Waals surface area contributed by atoms with E-state index < -0.39 is 0 Å². The van der Waals surface area contributed by atoms with Crippen molar-refractivity contribution in [1.29, 1.82) is 0 Å². The Bertz CT molecular complexity index is 577. The molecule has 94 valence electrons. The summed E-state index contributed by atoms with van der Waals surface area (Å²) < 4.78 is 0.961. The number of phenols is 1. The topological polar surface area (TPSA) is 58.0 Å². The normalized spacial score (nSPS) is 10.4. The van der Waals surface area contributed by atoms with Crippen LogP contribution in [-0.2, 0) is 0 Å². The van der Waals surface area contributed by atoms with Crippen LogP contribution in [0.2, 0.25) is 5.02 Å². The van der Waals surface area contributed by atoms with Crippen molar-refractivity contribution in [1.82, 2.24) is 9.97 Å². The zero-order chi connectivity index (χ0) is 13.1. The van der Waals surface area contributed by atoms with E-state index in [0.29, 0.717) is 10.8 Å². The number of nitrogens with one attached hydrogen (secondary N) is 1. The summed E-state index contributed by atoms with van der Waals surface area (Å²) in [5.74, 6) is 1.43. The van der Waals surface area contributed by atoms with Crippen LogP contribution in [0.15, 0.2) is 24.4 Å². The van der Waals surface area contributed by atoms with E-state index in [1.54, 1.807) is 18.3 Å². The summed E-state index contributed by atoms with van der Waals surface area (Å²) in [5, 5.41) is 12.8. The maximum Gasteiger partial charge on any atom is 0.161 e. The van der Waals surface area contributed by atoms with Gasteiger partial charge in [0, 0.05) is 18.3 Å². The second kappa shape index (κ2) is 5.71. The van der Waals surface area contributed by atoms with E-state index in [1.165, 1.54) is 6.07 Å². The third-order valence-corrected chi connectivity index (χ3v) is 3.39. The number of hydrogen-bond donors (Lipinski definition) is 2. The van der Waals surface area contributed by atoms with E-state index in [-0.39, 0.29) is 5.75 Å². The summed E-state index contributed by atoms with van der Waals surface area (Å²) >= 11 is 8.05. The second-order valence-corrected chi connectivity index (χ2v) is 5.16. The summed E-state index contributed by atoms with van der Waals surface area (Å²) in [4.78, 5) is 8.70. The molecule has 2 rings (SSSR count). The highest BCUT2D eigenvalue weighted by Crippen LogP contribution is 2.28. The summed E-state index contributed by atoms with van der Waals surface area (Å²) in [6.07, 6.45) is 1.75. The SMILES string of the molecule is CCNc1nc(-c2ccc(O)c(Cl)c2)ncc1I. The van der Waals surface area contributed by atoms with E-state index in [1.807, 2.05) is 6.92 Å². The molecule has 0 amide bonds. The molecule has 1 aromatic heterocycles. The second-order valence-electron chi connectivity index (χ2n) is 3.59. The van der Waals surface area contributed by atoms with Gasteiger partial charge < -0.3 is 10.4 Å². The molecule has 0 fully saturated rings. The minimum absolute atomic E-state index is 0.0536. The van der Waals surface area contributed by atoms with Gasteiger partial charge in [-0.2, -0.15) is 0 Å². The Morgan fingerprint density at radius 1 is 1.44 bits per heavy atom. The van der Waals surface area contributed by atoms with Crippen molar-refractivity contribution in [2.45, 2.75) is 6.92 Å². The molecule has 0 aliphatic heterocycles. The van der Waals surface area contributed by atoms with Gasteiger partial charge in [-0.25, -0.2) is 9.97 Å². The number of aromatic nitrogens is 2. The molecule has 18 heavy (non-hydrogen) atoms. The molecule has 2 N–H and O–H groups in total. The number of hydrogen-bond acceptors (Lipinski definition) is 4. The highest BCUT2D eigenvalue weighted by molar-refractivity contribution is 14.1. The number of rotatable bonds is 3. The Labute approximate surface area is 124 Å². The van der Waals surface area contributed by atoms with Gasteiger partial charge in [-0.1, -0.05) is 11.6 Å². The molecule has 1 heterocycles. The highest BCUT2D eigenvalue weighted by atomic mass is 127. The Kier molecular flexibility index (Phi) is 4.23. The van der Waals surface area contributed by atoms with Crippen molar-refractivity contribution < 1.29 is 5.11 Å². The Morgan fingerprint density at radius 2 is 2.22 bits per heavy atom. The molecule has 0 bridgehead atoms. The molecule has 0 spiro atoms. The van der Waals surface area contributed by atoms with Gasteiger partial charge in [0.05, 0.1) is 8.59 Å². The van der Waals surface area contributed by atoms with Crippen LogP contribution in [0.1, 0.15) is 6.92 Å². The van der Waals surface area contributed by atoms with Crippen LogP contribution in [0.25, 0.3) is 11.4 Å². The first-order valence-corrected chi connectivity index (χ1v) is 6.82. The Hall–Kier alpha value is -1.08. The van der Waals surface area contributed by atoms with Crippen LogP contribution in [0, 0.1) is 3.57 Å². The number of halogens is 2. The molecular formula is C12H11ClIN3O. The molecule has 0 aliphatic rings. The van der Waals surface area contributed by atoms with Gasteiger partial charge in [-0.15, -0.1) is 0 Å². The minimum atomic E-state index is 0.0536. The highest BCUT2D eigenvalue weighted by Gasteiger charge is 2.08. The molecule has 1 aromatic carbocycles. The maximum atomic E-state index is 9.39. The van der Waals surface area contributed by atoms with E-state index in [9.17, 15) is 5.11 Å². The average molecular weight is 376 g/mol. The first kappa shape index (κ1) is 13.4. The minimum Gasteiger partial charge on any atom is -0.506 e. The van der Waals surface area contributed by atoms with Crippen LogP contribution >= 0.6 is 34.2 Å². The lowest BCUT2D eigenvalue weighted by Gasteiger charge is -2.07. The molecule has 0 saturated carbocycles. The van der Waals surface area contributed by atoms with E-state index in [0.717, 1.165) is 21.5 Å².